The van der Waals surface area contributed by atoms with Crippen molar-refractivity contribution < 1.29 is 9.90 Å². The second-order valence-corrected chi connectivity index (χ2v) is 7.54. The maximum Gasteiger partial charge on any atom is 0.271 e. The third-order valence-electron chi connectivity index (χ3n) is 2.63. The quantitative estimate of drug-likeness (QED) is 0.404. The Morgan fingerprint density at radius 1 is 1.14 bits per heavy atom. The Balaban J connectivity index is 2.17. The SMILES string of the molecule is O=C(N/N=C\c1c(Br)cc(Br)c(O)c1Br)c1cccc(Br)c1. The van der Waals surface area contributed by atoms with E-state index < -0.39 is 0 Å². The van der Waals surface area contributed by atoms with Crippen LogP contribution >= 0.6 is 63.7 Å². The highest BCUT2D eigenvalue weighted by atomic mass is 79.9. The van der Waals surface area contributed by atoms with Crippen molar-refractivity contribution in [2.45, 2.75) is 0 Å². The molecule has 0 bridgehead atoms. The van der Waals surface area contributed by atoms with Gasteiger partial charge in [-0.25, -0.2) is 5.43 Å². The molecular formula is C14H8Br4N2O2. The van der Waals surface area contributed by atoms with Crippen molar-refractivity contribution in [3.8, 4) is 5.75 Å². The topological polar surface area (TPSA) is 61.7 Å². The average Bonchev–Trinajstić information content (AvgIpc) is 2.48. The lowest BCUT2D eigenvalue weighted by molar-refractivity contribution is 0.0955. The molecule has 0 aliphatic carbocycles. The lowest BCUT2D eigenvalue weighted by Crippen LogP contribution is -2.17. The summed E-state index contributed by atoms with van der Waals surface area (Å²) in [5.41, 5.74) is 3.53. The van der Waals surface area contributed by atoms with E-state index in [9.17, 15) is 9.90 Å². The fourth-order valence-electron chi connectivity index (χ4n) is 1.56. The Morgan fingerprint density at radius 3 is 2.55 bits per heavy atom. The maximum atomic E-state index is 12.0. The molecule has 22 heavy (non-hydrogen) atoms. The van der Waals surface area contributed by atoms with Gasteiger partial charge >= 0.3 is 0 Å². The lowest BCUT2D eigenvalue weighted by atomic mass is 10.2. The Bertz CT molecular complexity index is 763. The summed E-state index contributed by atoms with van der Waals surface area (Å²) in [7, 11) is 0. The minimum absolute atomic E-state index is 0.0583. The minimum atomic E-state index is -0.328. The largest absolute Gasteiger partial charge is 0.506 e. The molecule has 2 N–H and O–H groups in total. The summed E-state index contributed by atoms with van der Waals surface area (Å²) in [5, 5.41) is 13.8. The molecule has 0 aliphatic heterocycles. The molecule has 1 amide bonds. The molecule has 0 spiro atoms. The van der Waals surface area contributed by atoms with E-state index in [0.717, 1.165) is 4.47 Å². The Morgan fingerprint density at radius 2 is 1.86 bits per heavy atom. The van der Waals surface area contributed by atoms with Gasteiger partial charge in [-0.1, -0.05) is 37.9 Å². The number of halogens is 4. The lowest BCUT2D eigenvalue weighted by Gasteiger charge is -2.06. The van der Waals surface area contributed by atoms with Gasteiger partial charge in [-0.2, -0.15) is 5.10 Å². The first-order chi connectivity index (χ1) is 10.4. The van der Waals surface area contributed by atoms with E-state index in [-0.39, 0.29) is 11.7 Å². The number of hydrogen-bond donors (Lipinski definition) is 2. The minimum Gasteiger partial charge on any atom is -0.506 e. The van der Waals surface area contributed by atoms with Gasteiger partial charge in [-0.15, -0.1) is 0 Å². The number of amides is 1. The summed E-state index contributed by atoms with van der Waals surface area (Å²) in [4.78, 5) is 12.0. The second kappa shape index (κ2) is 7.72. The van der Waals surface area contributed by atoms with Crippen LogP contribution in [0.25, 0.3) is 0 Å². The molecule has 0 aromatic heterocycles. The number of aromatic hydroxyl groups is 1. The van der Waals surface area contributed by atoms with Gasteiger partial charge in [0.25, 0.3) is 5.91 Å². The molecule has 0 radical (unpaired) electrons. The number of hydrazone groups is 1. The standard InChI is InChI=1S/C14H8Br4N2O2/c15-8-3-1-2-7(4-8)14(22)20-19-6-9-10(16)5-11(17)13(21)12(9)18/h1-6,21H,(H,20,22)/b19-6-. The van der Waals surface area contributed by atoms with Crippen LogP contribution in [0.5, 0.6) is 5.75 Å². The van der Waals surface area contributed by atoms with Crippen molar-refractivity contribution in [3.05, 3.63) is 59.3 Å². The zero-order chi connectivity index (χ0) is 16.3. The van der Waals surface area contributed by atoms with Gasteiger partial charge < -0.3 is 5.11 Å². The maximum absolute atomic E-state index is 12.0. The smallest absolute Gasteiger partial charge is 0.271 e. The zero-order valence-corrected chi connectivity index (χ0v) is 17.1. The van der Waals surface area contributed by atoms with E-state index in [1.54, 1.807) is 24.3 Å². The molecule has 2 aromatic rings. The summed E-state index contributed by atoms with van der Waals surface area (Å²) < 4.78 is 2.53. The van der Waals surface area contributed by atoms with Gasteiger partial charge in [-0.3, -0.25) is 4.79 Å². The normalized spacial score (nSPS) is 10.9. The number of nitrogens with zero attached hydrogens (tertiary/aromatic N) is 1. The van der Waals surface area contributed by atoms with Crippen LogP contribution in [0, 0.1) is 0 Å². The van der Waals surface area contributed by atoms with E-state index in [4.69, 9.17) is 0 Å². The number of carbonyl (C=O) groups is 1. The number of benzene rings is 2. The van der Waals surface area contributed by atoms with E-state index in [2.05, 4.69) is 74.2 Å². The highest BCUT2D eigenvalue weighted by Gasteiger charge is 2.12. The molecule has 0 heterocycles. The van der Waals surface area contributed by atoms with E-state index in [1.807, 2.05) is 6.07 Å². The molecule has 114 valence electrons. The van der Waals surface area contributed by atoms with Crippen molar-refractivity contribution in [3.63, 3.8) is 0 Å². The van der Waals surface area contributed by atoms with Crippen LogP contribution in [-0.2, 0) is 0 Å². The molecule has 2 aromatic carbocycles. The van der Waals surface area contributed by atoms with E-state index in [1.165, 1.54) is 6.21 Å². The van der Waals surface area contributed by atoms with Gasteiger partial charge in [-0.05, 0) is 56.1 Å². The van der Waals surface area contributed by atoms with Crippen LogP contribution in [0.15, 0.2) is 53.3 Å². The molecule has 0 fully saturated rings. The molecule has 2 rings (SSSR count). The first-order valence-electron chi connectivity index (χ1n) is 5.85. The van der Waals surface area contributed by atoms with Crippen LogP contribution in [0.1, 0.15) is 15.9 Å². The molecular weight excluding hydrogens is 548 g/mol. The predicted octanol–water partition coefficient (Wildman–Crippen LogP) is 5.21. The molecule has 0 atom stereocenters. The summed E-state index contributed by atoms with van der Waals surface area (Å²) in [6.45, 7) is 0. The van der Waals surface area contributed by atoms with Gasteiger partial charge in [0.1, 0.15) is 5.75 Å². The van der Waals surface area contributed by atoms with Gasteiger partial charge in [0.15, 0.2) is 0 Å². The van der Waals surface area contributed by atoms with Crippen LogP contribution in [0.4, 0.5) is 0 Å². The van der Waals surface area contributed by atoms with Crippen LogP contribution in [-0.4, -0.2) is 17.2 Å². The Labute approximate surface area is 160 Å². The molecule has 0 aliphatic rings. The third kappa shape index (κ3) is 4.18. The highest BCUT2D eigenvalue weighted by Crippen LogP contribution is 2.38. The molecule has 4 nitrogen and oxygen atoms in total. The van der Waals surface area contributed by atoms with Crippen molar-refractivity contribution in [1.82, 2.24) is 5.43 Å². The number of phenols is 1. The fourth-order valence-corrected chi connectivity index (χ4v) is 4.29. The number of nitrogens with one attached hydrogen (secondary N) is 1. The van der Waals surface area contributed by atoms with Crippen molar-refractivity contribution in [2.75, 3.05) is 0 Å². The Kier molecular flexibility index (Phi) is 6.19. The highest BCUT2D eigenvalue weighted by molar-refractivity contribution is 9.11. The fraction of sp³-hybridized carbons (Fsp3) is 0. The van der Waals surface area contributed by atoms with Gasteiger partial charge in [0, 0.05) is 20.1 Å². The zero-order valence-electron chi connectivity index (χ0n) is 10.8. The third-order valence-corrected chi connectivity index (χ3v) is 5.18. The molecule has 8 heteroatoms. The van der Waals surface area contributed by atoms with Crippen LogP contribution < -0.4 is 5.43 Å². The monoisotopic (exact) mass is 552 g/mol. The summed E-state index contributed by atoms with van der Waals surface area (Å²) in [6.07, 6.45) is 1.44. The van der Waals surface area contributed by atoms with Crippen LogP contribution in [0.3, 0.4) is 0 Å². The average molecular weight is 556 g/mol. The first-order valence-corrected chi connectivity index (χ1v) is 9.02. The second-order valence-electron chi connectivity index (χ2n) is 4.13. The number of rotatable bonds is 3. The molecule has 0 unspecified atom stereocenters. The molecule has 0 saturated carbocycles. The van der Waals surface area contributed by atoms with Crippen molar-refractivity contribution in [1.29, 1.82) is 0 Å². The summed E-state index contributed by atoms with van der Waals surface area (Å²) in [6, 6.07) is 8.67. The van der Waals surface area contributed by atoms with Gasteiger partial charge in [0.05, 0.1) is 15.2 Å². The number of hydrogen-bond acceptors (Lipinski definition) is 3. The molecule has 0 saturated heterocycles. The van der Waals surface area contributed by atoms with Crippen LogP contribution in [0.2, 0.25) is 0 Å². The summed E-state index contributed by atoms with van der Waals surface area (Å²) >= 11 is 13.2. The van der Waals surface area contributed by atoms with Crippen molar-refractivity contribution in [2.24, 2.45) is 5.10 Å². The van der Waals surface area contributed by atoms with Crippen molar-refractivity contribution >= 4 is 75.8 Å². The predicted molar refractivity (Wildman–Crippen MR) is 100 cm³/mol. The Hall–Kier alpha value is -0.700. The van der Waals surface area contributed by atoms with E-state index >= 15 is 0 Å². The van der Waals surface area contributed by atoms with Gasteiger partial charge in [0.2, 0.25) is 0 Å². The number of phenolic OH excluding ortho intramolecular Hbond substituents is 1. The summed E-state index contributed by atoms with van der Waals surface area (Å²) in [5.74, 6) is -0.269. The van der Waals surface area contributed by atoms with E-state index in [0.29, 0.717) is 24.5 Å². The first kappa shape index (κ1) is 17.7. The number of carbonyl (C=O) groups excluding carboxylic acids is 1.